The second kappa shape index (κ2) is 5.16. The molecule has 2 N–H and O–H groups in total. The van der Waals surface area contributed by atoms with Gasteiger partial charge in [0.1, 0.15) is 6.04 Å². The van der Waals surface area contributed by atoms with Gasteiger partial charge >= 0.3 is 6.03 Å². The second-order valence-corrected chi connectivity index (χ2v) is 6.94. The number of fused-ring (bicyclic) bond motifs is 2. The lowest BCUT2D eigenvalue weighted by molar-refractivity contribution is -0.127. The van der Waals surface area contributed by atoms with E-state index < -0.39 is 0 Å². The van der Waals surface area contributed by atoms with Crippen molar-refractivity contribution in [3.63, 3.8) is 0 Å². The first-order valence-electron chi connectivity index (χ1n) is 8.32. The molecule has 3 saturated heterocycles. The molecule has 3 aliphatic heterocycles. The van der Waals surface area contributed by atoms with Crippen LogP contribution in [0.5, 0.6) is 0 Å². The van der Waals surface area contributed by atoms with Gasteiger partial charge < -0.3 is 20.4 Å². The molecule has 4 fully saturated rings. The van der Waals surface area contributed by atoms with E-state index in [4.69, 9.17) is 0 Å². The van der Waals surface area contributed by atoms with Crippen LogP contribution < -0.4 is 10.6 Å². The Morgan fingerprint density at radius 2 is 1.86 bits per heavy atom. The largest absolute Gasteiger partial charge is 0.351 e. The highest BCUT2D eigenvalue weighted by Gasteiger charge is 2.42. The van der Waals surface area contributed by atoms with E-state index in [0.29, 0.717) is 6.54 Å². The summed E-state index contributed by atoms with van der Waals surface area (Å²) < 4.78 is 0. The molecule has 0 spiro atoms. The molecule has 1 saturated carbocycles. The highest BCUT2D eigenvalue weighted by molar-refractivity contribution is 5.89. The summed E-state index contributed by atoms with van der Waals surface area (Å²) in [5.41, 5.74) is 0. The number of carbonyl (C=O) groups is 2. The van der Waals surface area contributed by atoms with Gasteiger partial charge in [0.2, 0.25) is 5.91 Å². The number of urea groups is 1. The van der Waals surface area contributed by atoms with Crippen molar-refractivity contribution in [1.29, 1.82) is 0 Å². The van der Waals surface area contributed by atoms with Gasteiger partial charge in [-0.1, -0.05) is 0 Å². The summed E-state index contributed by atoms with van der Waals surface area (Å²) in [6.45, 7) is 2.90. The standard InChI is InChI=1S/C15H24N4O2/c20-14(13-4-1-11-9-19(13)15(21)17-11)16-10-5-7-18(8-6-10)12-2-3-12/h10-13H,1-9H2,(H,16,20)(H,17,21)/t11-,13-/m1/s1. The number of rotatable bonds is 3. The Hall–Kier alpha value is -1.30. The highest BCUT2D eigenvalue weighted by Crippen LogP contribution is 2.29. The lowest BCUT2D eigenvalue weighted by atomic mass is 9.99. The second-order valence-electron chi connectivity index (χ2n) is 6.94. The Kier molecular flexibility index (Phi) is 3.28. The van der Waals surface area contributed by atoms with Crippen LogP contribution >= 0.6 is 0 Å². The van der Waals surface area contributed by atoms with Gasteiger partial charge in [-0.15, -0.1) is 0 Å². The van der Waals surface area contributed by atoms with Crippen LogP contribution in [-0.2, 0) is 4.79 Å². The van der Waals surface area contributed by atoms with Crippen molar-refractivity contribution in [1.82, 2.24) is 20.4 Å². The molecule has 0 unspecified atom stereocenters. The number of carbonyl (C=O) groups excluding carboxylic acids is 2. The van der Waals surface area contributed by atoms with Gasteiger partial charge in [0.25, 0.3) is 0 Å². The Labute approximate surface area is 125 Å². The van der Waals surface area contributed by atoms with E-state index in [2.05, 4.69) is 15.5 Å². The first-order chi connectivity index (χ1) is 10.2. The molecule has 4 aliphatic rings. The van der Waals surface area contributed by atoms with Crippen LogP contribution in [0.1, 0.15) is 38.5 Å². The van der Waals surface area contributed by atoms with Gasteiger partial charge in [0.05, 0.1) is 0 Å². The topological polar surface area (TPSA) is 64.7 Å². The number of amides is 3. The summed E-state index contributed by atoms with van der Waals surface area (Å²) in [4.78, 5) is 28.6. The average Bonchev–Trinajstić information content (AvgIpc) is 3.28. The van der Waals surface area contributed by atoms with E-state index in [1.165, 1.54) is 12.8 Å². The Bertz CT molecular complexity index is 443. The zero-order valence-corrected chi connectivity index (χ0v) is 12.4. The van der Waals surface area contributed by atoms with E-state index in [9.17, 15) is 9.59 Å². The van der Waals surface area contributed by atoms with Gasteiger partial charge in [-0.3, -0.25) is 4.79 Å². The molecule has 3 amide bonds. The lowest BCUT2D eigenvalue weighted by Crippen LogP contribution is -2.53. The van der Waals surface area contributed by atoms with Crippen LogP contribution in [0, 0.1) is 0 Å². The molecule has 0 radical (unpaired) electrons. The third-order valence-corrected chi connectivity index (χ3v) is 5.41. The fraction of sp³-hybridized carbons (Fsp3) is 0.867. The van der Waals surface area contributed by atoms with E-state index in [0.717, 1.165) is 44.8 Å². The predicted octanol–water partition coefficient (Wildman–Crippen LogP) is 0.286. The SMILES string of the molecule is O=C(NC1CCN(C2CC2)CC1)[C@H]1CC[C@@H]2CN1C(=O)N2. The van der Waals surface area contributed by atoms with Crippen LogP contribution in [0.4, 0.5) is 4.79 Å². The zero-order chi connectivity index (χ0) is 14.4. The zero-order valence-electron chi connectivity index (χ0n) is 12.4. The molecule has 2 atom stereocenters. The normalized spacial score (nSPS) is 33.9. The number of piperidine rings is 2. The van der Waals surface area contributed by atoms with Gasteiger partial charge in [-0.25, -0.2) is 4.79 Å². The van der Waals surface area contributed by atoms with Crippen molar-refractivity contribution in [2.45, 2.75) is 62.7 Å². The number of nitrogens with zero attached hydrogens (tertiary/aromatic N) is 2. The minimum atomic E-state index is -0.259. The van der Waals surface area contributed by atoms with Crippen LogP contribution in [0.3, 0.4) is 0 Å². The van der Waals surface area contributed by atoms with Crippen molar-refractivity contribution in [2.75, 3.05) is 19.6 Å². The van der Waals surface area contributed by atoms with Crippen molar-refractivity contribution in [2.24, 2.45) is 0 Å². The molecule has 21 heavy (non-hydrogen) atoms. The molecule has 0 aromatic carbocycles. The molecule has 0 aromatic heterocycles. The van der Waals surface area contributed by atoms with Crippen molar-refractivity contribution >= 4 is 11.9 Å². The molecule has 6 heteroatoms. The van der Waals surface area contributed by atoms with E-state index >= 15 is 0 Å². The summed E-state index contributed by atoms with van der Waals surface area (Å²) in [6.07, 6.45) is 6.50. The Morgan fingerprint density at radius 1 is 1.10 bits per heavy atom. The molecular formula is C15H24N4O2. The van der Waals surface area contributed by atoms with Crippen molar-refractivity contribution in [3.8, 4) is 0 Å². The molecule has 4 rings (SSSR count). The van der Waals surface area contributed by atoms with Gasteiger partial charge in [-0.2, -0.15) is 0 Å². The van der Waals surface area contributed by atoms with E-state index in [-0.39, 0.29) is 30.1 Å². The lowest BCUT2D eigenvalue weighted by Gasteiger charge is -2.35. The van der Waals surface area contributed by atoms with Gasteiger partial charge in [0.15, 0.2) is 0 Å². The minimum absolute atomic E-state index is 0.0513. The number of hydrogen-bond acceptors (Lipinski definition) is 3. The average molecular weight is 292 g/mol. The Balaban J connectivity index is 1.30. The quantitative estimate of drug-likeness (QED) is 0.785. The minimum Gasteiger partial charge on any atom is -0.351 e. The van der Waals surface area contributed by atoms with Crippen LogP contribution in [0.25, 0.3) is 0 Å². The molecule has 2 bridgehead atoms. The number of hydrogen-bond donors (Lipinski definition) is 2. The van der Waals surface area contributed by atoms with Gasteiger partial charge in [-0.05, 0) is 38.5 Å². The van der Waals surface area contributed by atoms with Crippen LogP contribution in [0.2, 0.25) is 0 Å². The summed E-state index contributed by atoms with van der Waals surface area (Å²) in [6, 6.07) is 1.04. The molecule has 3 heterocycles. The first kappa shape index (κ1) is 13.4. The third-order valence-electron chi connectivity index (χ3n) is 5.41. The van der Waals surface area contributed by atoms with Crippen molar-refractivity contribution < 1.29 is 9.59 Å². The Morgan fingerprint density at radius 3 is 2.57 bits per heavy atom. The van der Waals surface area contributed by atoms with Crippen LogP contribution in [0.15, 0.2) is 0 Å². The molecule has 0 aromatic rings. The third kappa shape index (κ3) is 2.61. The summed E-state index contributed by atoms with van der Waals surface area (Å²) in [5, 5.41) is 6.11. The predicted molar refractivity (Wildman–Crippen MR) is 77.8 cm³/mol. The molecular weight excluding hydrogens is 268 g/mol. The number of likely N-dealkylation sites (tertiary alicyclic amines) is 1. The first-order valence-corrected chi connectivity index (χ1v) is 8.32. The van der Waals surface area contributed by atoms with E-state index in [1.807, 2.05) is 0 Å². The monoisotopic (exact) mass is 292 g/mol. The van der Waals surface area contributed by atoms with Crippen molar-refractivity contribution in [3.05, 3.63) is 0 Å². The smallest absolute Gasteiger partial charge is 0.318 e. The number of nitrogens with one attached hydrogen (secondary N) is 2. The summed E-state index contributed by atoms with van der Waals surface area (Å²) in [7, 11) is 0. The van der Waals surface area contributed by atoms with E-state index in [1.54, 1.807) is 4.90 Å². The maximum absolute atomic E-state index is 12.5. The maximum Gasteiger partial charge on any atom is 0.318 e. The fourth-order valence-corrected chi connectivity index (χ4v) is 3.99. The fourth-order valence-electron chi connectivity index (χ4n) is 3.99. The maximum atomic E-state index is 12.5. The summed E-state index contributed by atoms with van der Waals surface area (Å²) >= 11 is 0. The summed E-state index contributed by atoms with van der Waals surface area (Å²) in [5.74, 6) is 0.0513. The molecule has 1 aliphatic carbocycles. The van der Waals surface area contributed by atoms with Crippen LogP contribution in [-0.4, -0.2) is 65.5 Å². The van der Waals surface area contributed by atoms with Gasteiger partial charge in [0, 0.05) is 37.8 Å². The highest BCUT2D eigenvalue weighted by atomic mass is 16.2. The molecule has 6 nitrogen and oxygen atoms in total. The molecule has 116 valence electrons.